The van der Waals surface area contributed by atoms with Gasteiger partial charge in [0.1, 0.15) is 5.60 Å². The molecule has 0 radical (unpaired) electrons. The molecule has 0 bridgehead atoms. The van der Waals surface area contributed by atoms with Crippen molar-refractivity contribution in [3.63, 3.8) is 0 Å². The molecule has 150 valence electrons. The van der Waals surface area contributed by atoms with Crippen molar-refractivity contribution >= 4 is 17.9 Å². The van der Waals surface area contributed by atoms with E-state index in [1.165, 1.54) is 4.90 Å². The average molecular weight is 384 g/mol. The van der Waals surface area contributed by atoms with Gasteiger partial charge in [-0.3, -0.25) is 14.5 Å². The third-order valence-electron chi connectivity index (χ3n) is 6.19. The maximum absolute atomic E-state index is 12.6. The predicted octanol–water partition coefficient (Wildman–Crippen LogP) is 3.71. The molecule has 28 heavy (non-hydrogen) atoms. The first-order valence-electron chi connectivity index (χ1n) is 10.1. The summed E-state index contributed by atoms with van der Waals surface area (Å²) in [5, 5.41) is 0. The predicted molar refractivity (Wildman–Crippen MR) is 104 cm³/mol. The zero-order valence-corrected chi connectivity index (χ0v) is 16.9. The number of imide groups is 1. The molecule has 1 aliphatic carbocycles. The zero-order chi connectivity index (χ0) is 20.1. The molecule has 2 fully saturated rings. The van der Waals surface area contributed by atoms with Crippen LogP contribution in [-0.2, 0) is 4.74 Å². The number of fused-ring (bicyclic) bond motifs is 1. The lowest BCUT2D eigenvalue weighted by Crippen LogP contribution is -2.60. The molecule has 1 aromatic rings. The van der Waals surface area contributed by atoms with Crippen LogP contribution in [0.4, 0.5) is 4.79 Å². The Morgan fingerprint density at radius 2 is 1.61 bits per heavy atom. The average Bonchev–Trinajstić information content (AvgIpc) is 2.84. The van der Waals surface area contributed by atoms with Crippen LogP contribution in [0.1, 0.15) is 67.2 Å². The third-order valence-corrected chi connectivity index (χ3v) is 6.19. The largest absolute Gasteiger partial charge is 0.444 e. The second-order valence-corrected chi connectivity index (χ2v) is 9.55. The topological polar surface area (TPSA) is 66.9 Å². The van der Waals surface area contributed by atoms with Crippen molar-refractivity contribution in [2.24, 2.45) is 11.3 Å². The second-order valence-electron chi connectivity index (χ2n) is 9.55. The summed E-state index contributed by atoms with van der Waals surface area (Å²) in [5.41, 5.74) is 0.762. The van der Waals surface area contributed by atoms with Crippen LogP contribution in [0.3, 0.4) is 0 Å². The molecular weight excluding hydrogens is 356 g/mol. The van der Waals surface area contributed by atoms with E-state index in [0.717, 1.165) is 38.8 Å². The Morgan fingerprint density at radius 1 is 1.07 bits per heavy atom. The Labute approximate surface area is 165 Å². The highest BCUT2D eigenvalue weighted by molar-refractivity contribution is 6.21. The van der Waals surface area contributed by atoms with Gasteiger partial charge in [-0.1, -0.05) is 12.1 Å². The van der Waals surface area contributed by atoms with Gasteiger partial charge in [0.15, 0.2) is 0 Å². The normalized spacial score (nSPS) is 21.7. The first-order valence-corrected chi connectivity index (χ1v) is 10.1. The molecule has 1 spiro atoms. The lowest BCUT2D eigenvalue weighted by molar-refractivity contribution is -0.0551. The van der Waals surface area contributed by atoms with E-state index >= 15 is 0 Å². The van der Waals surface area contributed by atoms with Crippen molar-refractivity contribution in [1.29, 1.82) is 0 Å². The number of benzene rings is 1. The molecule has 1 saturated heterocycles. The molecule has 0 unspecified atom stereocenters. The number of hydrogen-bond acceptors (Lipinski definition) is 4. The second kappa shape index (κ2) is 6.61. The van der Waals surface area contributed by atoms with Gasteiger partial charge in [0.05, 0.1) is 11.1 Å². The molecule has 0 aromatic heterocycles. The van der Waals surface area contributed by atoms with Crippen LogP contribution < -0.4 is 0 Å². The number of carbonyl (C=O) groups excluding carboxylic acids is 3. The summed E-state index contributed by atoms with van der Waals surface area (Å²) in [7, 11) is 0. The van der Waals surface area contributed by atoms with Crippen molar-refractivity contribution in [3.05, 3.63) is 35.4 Å². The number of hydrogen-bond donors (Lipinski definition) is 0. The highest BCUT2D eigenvalue weighted by Crippen LogP contribution is 2.46. The van der Waals surface area contributed by atoms with Crippen LogP contribution in [0.15, 0.2) is 24.3 Å². The maximum Gasteiger partial charge on any atom is 0.410 e. The van der Waals surface area contributed by atoms with Gasteiger partial charge in [-0.25, -0.2) is 4.79 Å². The lowest BCUT2D eigenvalue weighted by Gasteiger charge is -2.53. The van der Waals surface area contributed by atoms with E-state index in [1.807, 2.05) is 20.8 Å². The van der Waals surface area contributed by atoms with E-state index in [0.29, 0.717) is 23.6 Å². The fourth-order valence-corrected chi connectivity index (χ4v) is 4.67. The Balaban J connectivity index is 1.29. The van der Waals surface area contributed by atoms with Crippen LogP contribution >= 0.6 is 0 Å². The van der Waals surface area contributed by atoms with Gasteiger partial charge in [0.25, 0.3) is 11.8 Å². The molecule has 4 rings (SSSR count). The molecule has 3 amide bonds. The van der Waals surface area contributed by atoms with Crippen LogP contribution in [0.25, 0.3) is 0 Å². The quantitative estimate of drug-likeness (QED) is 0.729. The van der Waals surface area contributed by atoms with Crippen LogP contribution in [-0.4, -0.2) is 52.9 Å². The maximum atomic E-state index is 12.6. The van der Waals surface area contributed by atoms with Gasteiger partial charge < -0.3 is 9.64 Å². The van der Waals surface area contributed by atoms with Crippen molar-refractivity contribution in [2.75, 3.05) is 19.6 Å². The Kier molecular flexibility index (Phi) is 4.47. The number of nitrogens with zero attached hydrogens (tertiary/aromatic N) is 2. The summed E-state index contributed by atoms with van der Waals surface area (Å²) in [6.45, 7) is 7.64. The summed E-state index contributed by atoms with van der Waals surface area (Å²) < 4.78 is 5.45. The van der Waals surface area contributed by atoms with Crippen molar-refractivity contribution < 1.29 is 19.1 Å². The summed E-state index contributed by atoms with van der Waals surface area (Å²) in [5.74, 6) is 0.00433. The number of rotatable bonds is 2. The Morgan fingerprint density at radius 3 is 2.11 bits per heavy atom. The minimum atomic E-state index is -0.468. The summed E-state index contributed by atoms with van der Waals surface area (Å²) in [4.78, 5) is 40.5. The summed E-state index contributed by atoms with van der Waals surface area (Å²) in [6, 6.07) is 7.05. The molecule has 3 aliphatic rings. The van der Waals surface area contributed by atoms with Gasteiger partial charge in [-0.15, -0.1) is 0 Å². The number of carbonyl (C=O) groups is 3. The molecule has 1 saturated carbocycles. The Bertz CT molecular complexity index is 775. The fraction of sp³-hybridized carbons (Fsp3) is 0.591. The highest BCUT2D eigenvalue weighted by Gasteiger charge is 2.48. The van der Waals surface area contributed by atoms with Crippen LogP contribution in [0.2, 0.25) is 0 Å². The molecule has 6 heteroatoms. The number of amides is 3. The minimum Gasteiger partial charge on any atom is -0.444 e. The standard InChI is InChI=1S/C22H28N2O4/c1-21(2,3)28-20(27)23-13-22(14-23)10-8-15(9-11-22)12-24-18(25)16-6-4-5-7-17(16)19(24)26/h4-7,15H,8-14H2,1-3H3. The zero-order valence-electron chi connectivity index (χ0n) is 16.9. The van der Waals surface area contributed by atoms with Crippen LogP contribution in [0, 0.1) is 11.3 Å². The highest BCUT2D eigenvalue weighted by atomic mass is 16.6. The fourth-order valence-electron chi connectivity index (χ4n) is 4.67. The van der Waals surface area contributed by atoms with E-state index in [4.69, 9.17) is 4.74 Å². The van der Waals surface area contributed by atoms with Crippen molar-refractivity contribution in [3.8, 4) is 0 Å². The van der Waals surface area contributed by atoms with E-state index in [1.54, 1.807) is 29.2 Å². The summed E-state index contributed by atoms with van der Waals surface area (Å²) >= 11 is 0. The first-order chi connectivity index (χ1) is 13.2. The number of ether oxygens (including phenoxy) is 1. The molecule has 6 nitrogen and oxygen atoms in total. The third kappa shape index (κ3) is 3.40. The van der Waals surface area contributed by atoms with Gasteiger partial charge in [-0.05, 0) is 64.5 Å². The van der Waals surface area contributed by atoms with E-state index in [2.05, 4.69) is 0 Å². The number of likely N-dealkylation sites (tertiary alicyclic amines) is 1. The lowest BCUT2D eigenvalue weighted by atomic mass is 9.66. The monoisotopic (exact) mass is 384 g/mol. The van der Waals surface area contributed by atoms with E-state index < -0.39 is 5.60 Å². The molecule has 0 atom stereocenters. The first kappa shape index (κ1) is 19.0. The van der Waals surface area contributed by atoms with Gasteiger partial charge in [0, 0.05) is 25.0 Å². The van der Waals surface area contributed by atoms with Crippen molar-refractivity contribution in [1.82, 2.24) is 9.80 Å². The SMILES string of the molecule is CC(C)(C)OC(=O)N1CC2(CCC(CN3C(=O)c4ccccc4C3=O)CC2)C1. The van der Waals surface area contributed by atoms with Gasteiger partial charge in [0.2, 0.25) is 0 Å². The van der Waals surface area contributed by atoms with E-state index in [-0.39, 0.29) is 23.3 Å². The molecule has 2 heterocycles. The molecule has 2 aliphatic heterocycles. The smallest absolute Gasteiger partial charge is 0.410 e. The van der Waals surface area contributed by atoms with Crippen LogP contribution in [0.5, 0.6) is 0 Å². The minimum absolute atomic E-state index is 0.166. The van der Waals surface area contributed by atoms with Gasteiger partial charge in [-0.2, -0.15) is 0 Å². The molecular formula is C22H28N2O4. The molecule has 1 aromatic carbocycles. The van der Waals surface area contributed by atoms with Gasteiger partial charge >= 0.3 is 6.09 Å². The Hall–Kier alpha value is -2.37. The molecule has 0 N–H and O–H groups in total. The van der Waals surface area contributed by atoms with Crippen molar-refractivity contribution in [2.45, 2.75) is 52.1 Å². The summed E-state index contributed by atoms with van der Waals surface area (Å²) in [6.07, 6.45) is 3.79. The van der Waals surface area contributed by atoms with E-state index in [9.17, 15) is 14.4 Å².